The van der Waals surface area contributed by atoms with Crippen LogP contribution in [-0.4, -0.2) is 34.2 Å². The van der Waals surface area contributed by atoms with Crippen molar-refractivity contribution < 1.29 is 4.52 Å². The van der Waals surface area contributed by atoms with Crippen molar-refractivity contribution in [3.8, 4) is 11.5 Å². The van der Waals surface area contributed by atoms with Crippen molar-refractivity contribution in [1.82, 2.24) is 15.0 Å². The molecule has 112 valence electrons. The van der Waals surface area contributed by atoms with Gasteiger partial charge in [-0.1, -0.05) is 22.9 Å². The van der Waals surface area contributed by atoms with E-state index in [4.69, 9.17) is 10.3 Å². The first-order valence-corrected chi connectivity index (χ1v) is 7.49. The van der Waals surface area contributed by atoms with Gasteiger partial charge in [0.1, 0.15) is 0 Å². The van der Waals surface area contributed by atoms with Gasteiger partial charge >= 0.3 is 0 Å². The Bertz CT molecular complexity index is 591. The first-order chi connectivity index (χ1) is 10.1. The molecule has 0 radical (unpaired) electrons. The Kier molecular flexibility index (Phi) is 4.03. The number of hydrogen-bond acceptors (Lipinski definition) is 5. The summed E-state index contributed by atoms with van der Waals surface area (Å²) in [4.78, 5) is 6.84. The van der Waals surface area contributed by atoms with Crippen LogP contribution in [0, 0.1) is 12.8 Å². The second-order valence-corrected chi connectivity index (χ2v) is 6.02. The Balaban J connectivity index is 1.64. The van der Waals surface area contributed by atoms with Gasteiger partial charge in [-0.15, -0.1) is 0 Å². The third-order valence-electron chi connectivity index (χ3n) is 4.18. The SMILES string of the molecule is Cc1ccc(-c2nc(CN3CCC(C(C)N)C3)no2)cc1. The van der Waals surface area contributed by atoms with Crippen molar-refractivity contribution in [3.63, 3.8) is 0 Å². The summed E-state index contributed by atoms with van der Waals surface area (Å²) in [6.45, 7) is 6.95. The van der Waals surface area contributed by atoms with E-state index in [2.05, 4.69) is 28.9 Å². The number of aryl methyl sites for hydroxylation is 1. The fraction of sp³-hybridized carbons (Fsp3) is 0.500. The van der Waals surface area contributed by atoms with Gasteiger partial charge in [0.15, 0.2) is 5.82 Å². The van der Waals surface area contributed by atoms with E-state index < -0.39 is 0 Å². The predicted molar refractivity (Wildman–Crippen MR) is 81.5 cm³/mol. The molecule has 5 nitrogen and oxygen atoms in total. The molecule has 21 heavy (non-hydrogen) atoms. The molecular formula is C16H22N4O. The monoisotopic (exact) mass is 286 g/mol. The fourth-order valence-corrected chi connectivity index (χ4v) is 2.77. The van der Waals surface area contributed by atoms with Crippen molar-refractivity contribution in [2.24, 2.45) is 11.7 Å². The van der Waals surface area contributed by atoms with E-state index in [1.165, 1.54) is 5.56 Å². The van der Waals surface area contributed by atoms with Crippen LogP contribution in [0.4, 0.5) is 0 Å². The van der Waals surface area contributed by atoms with E-state index in [1.807, 2.05) is 24.3 Å². The first-order valence-electron chi connectivity index (χ1n) is 7.49. The minimum Gasteiger partial charge on any atom is -0.334 e. The van der Waals surface area contributed by atoms with Gasteiger partial charge < -0.3 is 10.3 Å². The van der Waals surface area contributed by atoms with Crippen molar-refractivity contribution in [1.29, 1.82) is 0 Å². The Morgan fingerprint density at radius 3 is 2.81 bits per heavy atom. The summed E-state index contributed by atoms with van der Waals surface area (Å²) in [7, 11) is 0. The van der Waals surface area contributed by atoms with Crippen LogP contribution in [0.3, 0.4) is 0 Å². The molecule has 2 aromatic rings. The van der Waals surface area contributed by atoms with Gasteiger partial charge in [-0.25, -0.2) is 0 Å². The molecule has 0 amide bonds. The molecule has 1 fully saturated rings. The zero-order chi connectivity index (χ0) is 14.8. The zero-order valence-electron chi connectivity index (χ0n) is 12.6. The second kappa shape index (κ2) is 5.95. The number of nitrogens with two attached hydrogens (primary N) is 1. The lowest BCUT2D eigenvalue weighted by Gasteiger charge is -2.15. The van der Waals surface area contributed by atoms with E-state index >= 15 is 0 Å². The fourth-order valence-electron chi connectivity index (χ4n) is 2.77. The summed E-state index contributed by atoms with van der Waals surface area (Å²) >= 11 is 0. The molecule has 1 aliphatic heterocycles. The van der Waals surface area contributed by atoms with Gasteiger partial charge in [-0.3, -0.25) is 4.90 Å². The quantitative estimate of drug-likeness (QED) is 0.933. The number of hydrogen-bond donors (Lipinski definition) is 1. The highest BCUT2D eigenvalue weighted by Crippen LogP contribution is 2.22. The maximum absolute atomic E-state index is 5.97. The lowest BCUT2D eigenvalue weighted by molar-refractivity contribution is 0.294. The molecule has 2 atom stereocenters. The lowest BCUT2D eigenvalue weighted by atomic mass is 10.0. The van der Waals surface area contributed by atoms with E-state index in [-0.39, 0.29) is 6.04 Å². The molecule has 5 heteroatoms. The summed E-state index contributed by atoms with van der Waals surface area (Å²) < 4.78 is 5.36. The molecule has 0 aliphatic carbocycles. The Morgan fingerprint density at radius 1 is 1.38 bits per heavy atom. The van der Waals surface area contributed by atoms with E-state index in [9.17, 15) is 0 Å². The first kappa shape index (κ1) is 14.2. The standard InChI is InChI=1S/C16H22N4O/c1-11-3-5-13(6-4-11)16-18-15(19-21-16)10-20-8-7-14(9-20)12(2)17/h3-6,12,14H,7-10,17H2,1-2H3. The van der Waals surface area contributed by atoms with Crippen LogP contribution in [-0.2, 0) is 6.54 Å². The lowest BCUT2D eigenvalue weighted by Crippen LogP contribution is -2.29. The van der Waals surface area contributed by atoms with Crippen LogP contribution >= 0.6 is 0 Å². The summed E-state index contributed by atoms with van der Waals surface area (Å²) in [6.07, 6.45) is 1.15. The van der Waals surface area contributed by atoms with Crippen LogP contribution < -0.4 is 5.73 Å². The van der Waals surface area contributed by atoms with Crippen LogP contribution in [0.15, 0.2) is 28.8 Å². The molecule has 1 aliphatic rings. The summed E-state index contributed by atoms with van der Waals surface area (Å²) in [5, 5.41) is 4.09. The molecule has 0 spiro atoms. The van der Waals surface area contributed by atoms with Gasteiger partial charge in [-0.05, 0) is 44.9 Å². The minimum atomic E-state index is 0.253. The van der Waals surface area contributed by atoms with Gasteiger partial charge in [0, 0.05) is 18.2 Å². The number of nitrogens with zero attached hydrogens (tertiary/aromatic N) is 3. The second-order valence-electron chi connectivity index (χ2n) is 6.02. The normalized spacial score (nSPS) is 20.8. The van der Waals surface area contributed by atoms with E-state index in [0.29, 0.717) is 11.8 Å². The number of aromatic nitrogens is 2. The van der Waals surface area contributed by atoms with Crippen LogP contribution in [0.5, 0.6) is 0 Å². The van der Waals surface area contributed by atoms with Gasteiger partial charge in [-0.2, -0.15) is 4.98 Å². The van der Waals surface area contributed by atoms with Crippen LogP contribution in [0.1, 0.15) is 24.7 Å². The van der Waals surface area contributed by atoms with Crippen molar-refractivity contribution in [2.45, 2.75) is 32.9 Å². The maximum Gasteiger partial charge on any atom is 0.257 e. The topological polar surface area (TPSA) is 68.2 Å². The molecule has 0 bridgehead atoms. The molecule has 1 saturated heterocycles. The van der Waals surface area contributed by atoms with Crippen molar-refractivity contribution in [2.75, 3.05) is 13.1 Å². The maximum atomic E-state index is 5.97. The van der Waals surface area contributed by atoms with Gasteiger partial charge in [0.25, 0.3) is 5.89 Å². The average molecular weight is 286 g/mol. The third kappa shape index (κ3) is 3.31. The predicted octanol–water partition coefficient (Wildman–Crippen LogP) is 2.21. The smallest absolute Gasteiger partial charge is 0.257 e. The molecule has 2 unspecified atom stereocenters. The van der Waals surface area contributed by atoms with E-state index in [0.717, 1.165) is 37.4 Å². The molecular weight excluding hydrogens is 264 g/mol. The number of rotatable bonds is 4. The van der Waals surface area contributed by atoms with Crippen LogP contribution in [0.25, 0.3) is 11.5 Å². The van der Waals surface area contributed by atoms with E-state index in [1.54, 1.807) is 0 Å². The summed E-state index contributed by atoms with van der Waals surface area (Å²) in [6, 6.07) is 8.37. The molecule has 2 heterocycles. The zero-order valence-corrected chi connectivity index (χ0v) is 12.6. The third-order valence-corrected chi connectivity index (χ3v) is 4.18. The average Bonchev–Trinajstić information content (AvgIpc) is 3.10. The summed E-state index contributed by atoms with van der Waals surface area (Å²) in [5.74, 6) is 1.91. The molecule has 2 N–H and O–H groups in total. The molecule has 1 aromatic carbocycles. The highest BCUT2D eigenvalue weighted by Gasteiger charge is 2.26. The summed E-state index contributed by atoms with van der Waals surface area (Å²) in [5.41, 5.74) is 8.16. The minimum absolute atomic E-state index is 0.253. The molecule has 0 saturated carbocycles. The molecule has 3 rings (SSSR count). The number of likely N-dealkylation sites (tertiary alicyclic amines) is 1. The van der Waals surface area contributed by atoms with Crippen molar-refractivity contribution >= 4 is 0 Å². The Labute approximate surface area is 125 Å². The van der Waals surface area contributed by atoms with Gasteiger partial charge in [0.05, 0.1) is 6.54 Å². The Morgan fingerprint density at radius 2 is 2.14 bits per heavy atom. The van der Waals surface area contributed by atoms with Crippen molar-refractivity contribution in [3.05, 3.63) is 35.7 Å². The largest absolute Gasteiger partial charge is 0.334 e. The highest BCUT2D eigenvalue weighted by atomic mass is 16.5. The molecule has 1 aromatic heterocycles. The number of benzene rings is 1. The Hall–Kier alpha value is -1.72. The van der Waals surface area contributed by atoms with Gasteiger partial charge in [0.2, 0.25) is 0 Å². The highest BCUT2D eigenvalue weighted by molar-refractivity contribution is 5.53. The van der Waals surface area contributed by atoms with Crippen LogP contribution in [0.2, 0.25) is 0 Å².